The lowest BCUT2D eigenvalue weighted by molar-refractivity contribution is -0.139. The molecule has 1 aliphatic heterocycles. The largest absolute Gasteiger partial charge is 0.481 e. The van der Waals surface area contributed by atoms with Crippen molar-refractivity contribution in [1.82, 2.24) is 4.57 Å². The highest BCUT2D eigenvalue weighted by atomic mass is 19.4. The summed E-state index contributed by atoms with van der Waals surface area (Å²) in [7, 11) is 0. The SMILES string of the molecule is O=C(O)Cc1c(C(F)(F)F)cc(=O)n2c1NCCC2. The van der Waals surface area contributed by atoms with Gasteiger partial charge < -0.3 is 10.4 Å². The summed E-state index contributed by atoms with van der Waals surface area (Å²) >= 11 is 0. The van der Waals surface area contributed by atoms with Crippen molar-refractivity contribution in [2.24, 2.45) is 0 Å². The number of rotatable bonds is 2. The van der Waals surface area contributed by atoms with Gasteiger partial charge in [0.1, 0.15) is 5.82 Å². The summed E-state index contributed by atoms with van der Waals surface area (Å²) in [4.78, 5) is 22.4. The number of aromatic nitrogens is 1. The summed E-state index contributed by atoms with van der Waals surface area (Å²) in [5.41, 5.74) is -2.34. The monoisotopic (exact) mass is 276 g/mol. The Morgan fingerprint density at radius 3 is 2.74 bits per heavy atom. The molecule has 2 heterocycles. The van der Waals surface area contributed by atoms with Gasteiger partial charge in [-0.2, -0.15) is 13.2 Å². The van der Waals surface area contributed by atoms with E-state index in [0.29, 0.717) is 19.0 Å². The molecule has 0 saturated heterocycles. The van der Waals surface area contributed by atoms with E-state index in [1.54, 1.807) is 0 Å². The maximum atomic E-state index is 12.9. The van der Waals surface area contributed by atoms with Gasteiger partial charge in [0.15, 0.2) is 0 Å². The molecule has 0 saturated carbocycles. The van der Waals surface area contributed by atoms with Crippen molar-refractivity contribution in [2.45, 2.75) is 25.6 Å². The van der Waals surface area contributed by atoms with Crippen LogP contribution >= 0.6 is 0 Å². The van der Waals surface area contributed by atoms with Gasteiger partial charge in [-0.1, -0.05) is 0 Å². The lowest BCUT2D eigenvalue weighted by Crippen LogP contribution is -2.32. The van der Waals surface area contributed by atoms with Gasteiger partial charge in [0.05, 0.1) is 12.0 Å². The molecule has 1 aliphatic rings. The van der Waals surface area contributed by atoms with Crippen molar-refractivity contribution >= 4 is 11.8 Å². The van der Waals surface area contributed by atoms with Gasteiger partial charge in [-0.15, -0.1) is 0 Å². The van der Waals surface area contributed by atoms with Crippen molar-refractivity contribution in [3.8, 4) is 0 Å². The minimum Gasteiger partial charge on any atom is -0.481 e. The number of anilines is 1. The van der Waals surface area contributed by atoms with Crippen LogP contribution in [0.3, 0.4) is 0 Å². The summed E-state index contributed by atoms with van der Waals surface area (Å²) < 4.78 is 39.8. The van der Waals surface area contributed by atoms with Crippen molar-refractivity contribution in [3.05, 3.63) is 27.5 Å². The average Bonchev–Trinajstić information content (AvgIpc) is 2.31. The molecule has 1 aromatic heterocycles. The molecule has 0 atom stereocenters. The fourth-order valence-electron chi connectivity index (χ4n) is 2.14. The summed E-state index contributed by atoms with van der Waals surface area (Å²) in [6.45, 7) is 0.694. The Morgan fingerprint density at radius 1 is 1.47 bits per heavy atom. The maximum absolute atomic E-state index is 12.9. The van der Waals surface area contributed by atoms with E-state index >= 15 is 0 Å². The molecule has 19 heavy (non-hydrogen) atoms. The van der Waals surface area contributed by atoms with E-state index in [0.717, 1.165) is 4.57 Å². The Bertz CT molecular complexity index is 578. The van der Waals surface area contributed by atoms with E-state index in [-0.39, 0.29) is 17.9 Å². The summed E-state index contributed by atoms with van der Waals surface area (Å²) in [5.74, 6) is -1.41. The Hall–Kier alpha value is -1.99. The van der Waals surface area contributed by atoms with Gasteiger partial charge in [-0.25, -0.2) is 0 Å². The van der Waals surface area contributed by atoms with E-state index in [2.05, 4.69) is 5.32 Å². The Morgan fingerprint density at radius 2 is 2.16 bits per heavy atom. The van der Waals surface area contributed by atoms with Crippen molar-refractivity contribution < 1.29 is 23.1 Å². The van der Waals surface area contributed by atoms with Crippen LogP contribution in [0.2, 0.25) is 0 Å². The fourth-order valence-corrected chi connectivity index (χ4v) is 2.14. The zero-order valence-electron chi connectivity index (χ0n) is 9.75. The minimum absolute atomic E-state index is 0.0338. The lowest BCUT2D eigenvalue weighted by Gasteiger charge is -2.25. The molecule has 0 spiro atoms. The zero-order chi connectivity index (χ0) is 14.2. The number of fused-ring (bicyclic) bond motifs is 1. The first-order chi connectivity index (χ1) is 8.80. The van der Waals surface area contributed by atoms with Crippen LogP contribution in [0.1, 0.15) is 17.5 Å². The van der Waals surface area contributed by atoms with Crippen LogP contribution in [0.4, 0.5) is 19.0 Å². The molecular weight excluding hydrogens is 265 g/mol. The predicted molar refractivity (Wildman–Crippen MR) is 60.2 cm³/mol. The second kappa shape index (κ2) is 4.60. The number of hydrogen-bond acceptors (Lipinski definition) is 3. The normalized spacial score (nSPS) is 14.7. The van der Waals surface area contributed by atoms with E-state index < -0.39 is 29.7 Å². The highest BCUT2D eigenvalue weighted by molar-refractivity contribution is 5.73. The van der Waals surface area contributed by atoms with Crippen LogP contribution < -0.4 is 10.9 Å². The molecule has 0 aliphatic carbocycles. The first kappa shape index (κ1) is 13.4. The summed E-state index contributed by atoms with van der Waals surface area (Å²) in [6, 6.07) is 0.467. The lowest BCUT2D eigenvalue weighted by atomic mass is 10.0. The van der Waals surface area contributed by atoms with Crippen LogP contribution in [0.15, 0.2) is 10.9 Å². The molecular formula is C11H11F3N2O3. The first-order valence-electron chi connectivity index (χ1n) is 5.60. The number of aliphatic carboxylic acids is 1. The third-order valence-corrected chi connectivity index (χ3v) is 2.90. The highest BCUT2D eigenvalue weighted by Gasteiger charge is 2.37. The van der Waals surface area contributed by atoms with Gasteiger partial charge in [-0.05, 0) is 6.42 Å². The molecule has 0 fully saturated rings. The number of carboxylic acids is 1. The molecule has 8 heteroatoms. The second-order valence-corrected chi connectivity index (χ2v) is 4.22. The number of carbonyl (C=O) groups is 1. The number of hydrogen-bond donors (Lipinski definition) is 2. The van der Waals surface area contributed by atoms with Gasteiger partial charge in [0.2, 0.25) is 0 Å². The number of alkyl halides is 3. The topological polar surface area (TPSA) is 71.3 Å². The molecule has 104 valence electrons. The molecule has 0 aromatic carbocycles. The van der Waals surface area contributed by atoms with Crippen LogP contribution in [-0.2, 0) is 23.9 Å². The molecule has 2 N–H and O–H groups in total. The molecule has 0 amide bonds. The fraction of sp³-hybridized carbons (Fsp3) is 0.455. The van der Waals surface area contributed by atoms with Gasteiger partial charge in [-0.3, -0.25) is 14.2 Å². The van der Waals surface area contributed by atoms with Gasteiger partial charge in [0.25, 0.3) is 5.56 Å². The summed E-state index contributed by atoms with van der Waals surface area (Å²) in [5, 5.41) is 11.4. The van der Waals surface area contributed by atoms with Crippen LogP contribution in [0, 0.1) is 0 Å². The van der Waals surface area contributed by atoms with Crippen molar-refractivity contribution in [2.75, 3.05) is 11.9 Å². The molecule has 0 radical (unpaired) electrons. The van der Waals surface area contributed by atoms with E-state index in [1.807, 2.05) is 0 Å². The van der Waals surface area contributed by atoms with E-state index in [4.69, 9.17) is 5.11 Å². The van der Waals surface area contributed by atoms with Gasteiger partial charge >= 0.3 is 12.1 Å². The standard InChI is InChI=1S/C11H11F3N2O3/c12-11(13,14)7-5-8(17)16-3-1-2-15-10(16)6(7)4-9(18)19/h5,15H,1-4H2,(H,18,19). The molecule has 1 aromatic rings. The average molecular weight is 276 g/mol. The second-order valence-electron chi connectivity index (χ2n) is 4.22. The van der Waals surface area contributed by atoms with E-state index in [1.165, 1.54) is 0 Å². The molecule has 2 rings (SSSR count). The third-order valence-electron chi connectivity index (χ3n) is 2.90. The highest BCUT2D eigenvalue weighted by Crippen LogP contribution is 2.35. The van der Waals surface area contributed by atoms with Crippen LogP contribution in [0.25, 0.3) is 0 Å². The van der Waals surface area contributed by atoms with Gasteiger partial charge in [0, 0.05) is 24.7 Å². The predicted octanol–water partition coefficient (Wildman–Crippen LogP) is 1.31. The first-order valence-corrected chi connectivity index (χ1v) is 5.60. The number of nitrogens with zero attached hydrogens (tertiary/aromatic N) is 1. The van der Waals surface area contributed by atoms with Crippen LogP contribution in [0.5, 0.6) is 0 Å². The van der Waals surface area contributed by atoms with Crippen molar-refractivity contribution in [1.29, 1.82) is 0 Å². The molecule has 0 unspecified atom stereocenters. The maximum Gasteiger partial charge on any atom is 0.417 e. The number of pyridine rings is 1. The van der Waals surface area contributed by atoms with E-state index in [9.17, 15) is 22.8 Å². The smallest absolute Gasteiger partial charge is 0.417 e. The Labute approximate surface area is 105 Å². The quantitative estimate of drug-likeness (QED) is 0.854. The number of carboxylic acid groups (broad SMARTS) is 1. The zero-order valence-corrected chi connectivity index (χ0v) is 9.75. The third kappa shape index (κ3) is 2.56. The summed E-state index contributed by atoms with van der Waals surface area (Å²) in [6.07, 6.45) is -4.93. The molecule has 5 nitrogen and oxygen atoms in total. The molecule has 0 bridgehead atoms. The minimum atomic E-state index is -4.75. The number of halogens is 3. The van der Waals surface area contributed by atoms with Crippen LogP contribution in [-0.4, -0.2) is 22.2 Å². The van der Waals surface area contributed by atoms with Crippen molar-refractivity contribution in [3.63, 3.8) is 0 Å². The Balaban J connectivity index is 2.70. The number of nitrogens with one attached hydrogen (secondary N) is 1. The Kier molecular flexibility index (Phi) is 3.25.